The molecule has 2 aromatic rings. The Morgan fingerprint density at radius 3 is 1.45 bits per heavy atom. The number of halogens is 6. The molecule has 0 aliphatic carbocycles. The van der Waals surface area contributed by atoms with E-state index < -0.39 is 29.3 Å². The summed E-state index contributed by atoms with van der Waals surface area (Å²) < 4.78 is 79.0. The Labute approximate surface area is 162 Å². The molecule has 1 fully saturated rings. The van der Waals surface area contributed by atoms with Crippen molar-refractivity contribution in [2.24, 2.45) is 0 Å². The van der Waals surface area contributed by atoms with Crippen LogP contribution in [0.4, 0.5) is 26.3 Å². The van der Waals surface area contributed by atoms with Crippen LogP contribution in [0.2, 0.25) is 0 Å². The van der Waals surface area contributed by atoms with E-state index in [4.69, 9.17) is 0 Å². The molecule has 0 atom stereocenters. The van der Waals surface area contributed by atoms with Gasteiger partial charge in [-0.15, -0.1) is 0 Å². The molecule has 2 nitrogen and oxygen atoms in total. The van der Waals surface area contributed by atoms with E-state index in [1.165, 1.54) is 36.4 Å². The first-order valence-corrected chi connectivity index (χ1v) is 8.56. The van der Waals surface area contributed by atoms with Gasteiger partial charge < -0.3 is 5.32 Å². The van der Waals surface area contributed by atoms with Gasteiger partial charge in [-0.3, -0.25) is 4.79 Å². The van der Waals surface area contributed by atoms with Gasteiger partial charge in [0.15, 0.2) is 5.78 Å². The Balaban J connectivity index is 2.00. The van der Waals surface area contributed by atoms with Crippen molar-refractivity contribution in [3.05, 3.63) is 81.9 Å². The molecule has 0 unspecified atom stereocenters. The number of carbonyl (C=O) groups excluding carboxylic acids is 1. The van der Waals surface area contributed by atoms with E-state index in [0.29, 0.717) is 0 Å². The molecule has 8 heteroatoms. The van der Waals surface area contributed by atoms with Crippen LogP contribution in [0.5, 0.6) is 0 Å². The Morgan fingerprint density at radius 2 is 1.07 bits per heavy atom. The molecule has 29 heavy (non-hydrogen) atoms. The summed E-state index contributed by atoms with van der Waals surface area (Å²) in [4.78, 5) is 12.7. The SMILES string of the molecule is O=C1C(=Cc2ccccc2C(F)(F)F)CNCC1=Cc1ccccc1C(F)(F)F. The molecular formula is C21H15F6NO. The zero-order chi connectivity index (χ0) is 21.2. The minimum Gasteiger partial charge on any atom is -0.308 e. The van der Waals surface area contributed by atoms with Gasteiger partial charge in [0, 0.05) is 24.2 Å². The van der Waals surface area contributed by atoms with Gasteiger partial charge in [0.25, 0.3) is 0 Å². The van der Waals surface area contributed by atoms with E-state index >= 15 is 0 Å². The summed E-state index contributed by atoms with van der Waals surface area (Å²) >= 11 is 0. The number of rotatable bonds is 2. The number of hydrogen-bond acceptors (Lipinski definition) is 2. The third-order valence-electron chi connectivity index (χ3n) is 4.41. The highest BCUT2D eigenvalue weighted by Crippen LogP contribution is 2.34. The fourth-order valence-corrected chi connectivity index (χ4v) is 3.07. The number of alkyl halides is 6. The van der Waals surface area contributed by atoms with Crippen molar-refractivity contribution in [1.29, 1.82) is 0 Å². The van der Waals surface area contributed by atoms with Crippen LogP contribution in [-0.4, -0.2) is 18.9 Å². The minimum atomic E-state index is -4.59. The van der Waals surface area contributed by atoms with Crippen molar-refractivity contribution >= 4 is 17.9 Å². The fourth-order valence-electron chi connectivity index (χ4n) is 3.07. The Morgan fingerprint density at radius 1 is 0.690 bits per heavy atom. The summed E-state index contributed by atoms with van der Waals surface area (Å²) in [6.45, 7) is 0.0343. The largest absolute Gasteiger partial charge is 0.416 e. The van der Waals surface area contributed by atoms with Crippen LogP contribution < -0.4 is 5.32 Å². The van der Waals surface area contributed by atoms with E-state index in [2.05, 4.69) is 5.32 Å². The van der Waals surface area contributed by atoms with Crippen molar-refractivity contribution < 1.29 is 31.1 Å². The Hall–Kier alpha value is -2.87. The van der Waals surface area contributed by atoms with Crippen molar-refractivity contribution in [3.63, 3.8) is 0 Å². The number of nitrogens with one attached hydrogen (secondary N) is 1. The Kier molecular flexibility index (Phi) is 5.66. The lowest BCUT2D eigenvalue weighted by Gasteiger charge is -2.19. The second kappa shape index (κ2) is 7.87. The molecule has 1 heterocycles. The second-order valence-corrected chi connectivity index (χ2v) is 6.44. The van der Waals surface area contributed by atoms with E-state index in [1.807, 2.05) is 0 Å². The average Bonchev–Trinajstić information content (AvgIpc) is 2.64. The number of benzene rings is 2. The lowest BCUT2D eigenvalue weighted by atomic mass is 9.93. The minimum absolute atomic E-state index is 0.0171. The van der Waals surface area contributed by atoms with Gasteiger partial charge in [0.1, 0.15) is 0 Å². The van der Waals surface area contributed by atoms with Gasteiger partial charge in [-0.2, -0.15) is 26.3 Å². The summed E-state index contributed by atoms with van der Waals surface area (Å²) in [6.07, 6.45) is -6.94. The molecule has 0 bridgehead atoms. The zero-order valence-corrected chi connectivity index (χ0v) is 14.9. The van der Waals surface area contributed by atoms with Crippen molar-refractivity contribution in [2.45, 2.75) is 12.4 Å². The third kappa shape index (κ3) is 4.76. The van der Waals surface area contributed by atoms with Gasteiger partial charge in [-0.1, -0.05) is 36.4 Å². The molecule has 1 N–H and O–H groups in total. The number of hydrogen-bond donors (Lipinski definition) is 1. The molecule has 1 aliphatic rings. The number of ketones is 1. The third-order valence-corrected chi connectivity index (χ3v) is 4.41. The van der Waals surface area contributed by atoms with E-state index in [9.17, 15) is 31.1 Å². The molecule has 0 radical (unpaired) electrons. The lowest BCUT2D eigenvalue weighted by Crippen LogP contribution is -2.33. The first kappa shape index (κ1) is 20.9. The maximum atomic E-state index is 13.2. The molecule has 0 spiro atoms. The van der Waals surface area contributed by atoms with E-state index in [1.54, 1.807) is 0 Å². The standard InChI is InChI=1S/C21H15F6NO/c22-20(23,24)17-7-3-1-5-13(17)9-15-11-28-12-16(19(15)29)10-14-6-2-4-8-18(14)21(25,26)27/h1-10,28H,11-12H2. The van der Waals surface area contributed by atoms with Crippen molar-refractivity contribution in [2.75, 3.05) is 13.1 Å². The number of piperidine rings is 1. The fraction of sp³-hybridized carbons (Fsp3) is 0.190. The van der Waals surface area contributed by atoms with Crippen LogP contribution in [0.1, 0.15) is 22.3 Å². The predicted octanol–water partition coefficient (Wildman–Crippen LogP) is 5.36. The molecule has 0 aromatic heterocycles. The first-order valence-electron chi connectivity index (χ1n) is 8.56. The van der Waals surface area contributed by atoms with Gasteiger partial charge in [-0.25, -0.2) is 0 Å². The molecule has 0 amide bonds. The monoisotopic (exact) mass is 411 g/mol. The maximum absolute atomic E-state index is 13.2. The van der Waals surface area contributed by atoms with Crippen molar-refractivity contribution in [3.8, 4) is 0 Å². The van der Waals surface area contributed by atoms with Gasteiger partial charge in [0.2, 0.25) is 0 Å². The molecule has 1 saturated heterocycles. The van der Waals surface area contributed by atoms with Crippen LogP contribution in [0.15, 0.2) is 59.7 Å². The molecular weight excluding hydrogens is 396 g/mol. The second-order valence-electron chi connectivity index (χ2n) is 6.44. The van der Waals surface area contributed by atoms with Crippen LogP contribution in [-0.2, 0) is 17.1 Å². The summed E-state index contributed by atoms with van der Waals surface area (Å²) in [6, 6.07) is 9.60. The summed E-state index contributed by atoms with van der Waals surface area (Å²) in [5.74, 6) is -0.585. The van der Waals surface area contributed by atoms with Crippen molar-refractivity contribution in [1.82, 2.24) is 5.32 Å². The highest BCUT2D eigenvalue weighted by molar-refractivity contribution is 6.14. The van der Waals surface area contributed by atoms with Crippen LogP contribution in [0.25, 0.3) is 12.2 Å². The van der Waals surface area contributed by atoms with Gasteiger partial charge in [-0.05, 0) is 35.4 Å². The lowest BCUT2D eigenvalue weighted by molar-refractivity contribution is -0.138. The molecule has 0 saturated carbocycles. The molecule has 1 aliphatic heterocycles. The first-order chi connectivity index (χ1) is 13.6. The summed E-state index contributed by atoms with van der Waals surface area (Å²) in [5, 5.41) is 2.85. The Bertz CT molecular complexity index is 908. The smallest absolute Gasteiger partial charge is 0.308 e. The maximum Gasteiger partial charge on any atom is 0.416 e. The number of carbonyl (C=O) groups is 1. The number of Topliss-reactive ketones (excluding diaryl/α,β-unsaturated/α-hetero) is 1. The molecule has 152 valence electrons. The zero-order valence-electron chi connectivity index (χ0n) is 14.9. The van der Waals surface area contributed by atoms with Crippen LogP contribution >= 0.6 is 0 Å². The van der Waals surface area contributed by atoms with Gasteiger partial charge >= 0.3 is 12.4 Å². The summed E-state index contributed by atoms with van der Waals surface area (Å²) in [5.41, 5.74) is -2.05. The highest BCUT2D eigenvalue weighted by Gasteiger charge is 2.34. The highest BCUT2D eigenvalue weighted by atomic mass is 19.4. The predicted molar refractivity (Wildman–Crippen MR) is 96.7 cm³/mol. The van der Waals surface area contributed by atoms with Crippen LogP contribution in [0.3, 0.4) is 0 Å². The average molecular weight is 411 g/mol. The van der Waals surface area contributed by atoms with E-state index in [-0.39, 0.29) is 35.4 Å². The quantitative estimate of drug-likeness (QED) is 0.532. The molecule has 2 aromatic carbocycles. The molecule has 3 rings (SSSR count). The van der Waals surface area contributed by atoms with Crippen LogP contribution in [0, 0.1) is 0 Å². The topological polar surface area (TPSA) is 29.1 Å². The summed E-state index contributed by atoms with van der Waals surface area (Å²) in [7, 11) is 0. The van der Waals surface area contributed by atoms with E-state index in [0.717, 1.165) is 24.3 Å². The van der Waals surface area contributed by atoms with Gasteiger partial charge in [0.05, 0.1) is 11.1 Å². The normalized spacial score (nSPS) is 18.5.